The zero-order valence-electron chi connectivity index (χ0n) is 14.8. The smallest absolute Gasteiger partial charge is 0.241 e. The molecule has 0 saturated carbocycles. The SMILES string of the molecule is COc1ccc(NC(=O)C(N)Cc2ccccc2)cc1N1CCCC1=O. The van der Waals surface area contributed by atoms with Crippen molar-refractivity contribution in [3.63, 3.8) is 0 Å². The molecule has 6 nitrogen and oxygen atoms in total. The minimum absolute atomic E-state index is 0.0626. The van der Waals surface area contributed by atoms with E-state index >= 15 is 0 Å². The Morgan fingerprint density at radius 1 is 1.27 bits per heavy atom. The van der Waals surface area contributed by atoms with Crippen LogP contribution in [0.15, 0.2) is 48.5 Å². The molecule has 3 N–H and O–H groups in total. The number of methoxy groups -OCH3 is 1. The molecule has 1 aliphatic rings. The number of rotatable bonds is 6. The van der Waals surface area contributed by atoms with Crippen LogP contribution in [-0.4, -0.2) is 31.5 Å². The largest absolute Gasteiger partial charge is 0.495 e. The molecule has 26 heavy (non-hydrogen) atoms. The molecule has 1 saturated heterocycles. The Morgan fingerprint density at radius 3 is 2.69 bits per heavy atom. The van der Waals surface area contributed by atoms with Crippen LogP contribution in [0.4, 0.5) is 11.4 Å². The molecule has 0 radical (unpaired) electrons. The summed E-state index contributed by atoms with van der Waals surface area (Å²) in [5, 5.41) is 2.83. The first-order valence-electron chi connectivity index (χ1n) is 8.67. The molecule has 0 aliphatic carbocycles. The van der Waals surface area contributed by atoms with Crippen LogP contribution in [0, 0.1) is 0 Å². The van der Waals surface area contributed by atoms with Gasteiger partial charge >= 0.3 is 0 Å². The maximum absolute atomic E-state index is 12.4. The van der Waals surface area contributed by atoms with Crippen molar-refractivity contribution in [3.8, 4) is 5.75 Å². The van der Waals surface area contributed by atoms with Crippen molar-refractivity contribution in [2.75, 3.05) is 23.9 Å². The first kappa shape index (κ1) is 17.9. The third-order valence-corrected chi connectivity index (χ3v) is 4.45. The van der Waals surface area contributed by atoms with E-state index in [-0.39, 0.29) is 11.8 Å². The van der Waals surface area contributed by atoms with Crippen LogP contribution >= 0.6 is 0 Å². The zero-order valence-corrected chi connectivity index (χ0v) is 14.8. The Morgan fingerprint density at radius 2 is 2.04 bits per heavy atom. The van der Waals surface area contributed by atoms with Crippen molar-refractivity contribution in [3.05, 3.63) is 54.1 Å². The van der Waals surface area contributed by atoms with Crippen molar-refractivity contribution in [2.24, 2.45) is 5.73 Å². The highest BCUT2D eigenvalue weighted by Crippen LogP contribution is 2.34. The maximum Gasteiger partial charge on any atom is 0.241 e. The Hall–Kier alpha value is -2.86. The third kappa shape index (κ3) is 4.03. The van der Waals surface area contributed by atoms with Crippen LogP contribution in [0.1, 0.15) is 18.4 Å². The number of hydrogen-bond donors (Lipinski definition) is 2. The van der Waals surface area contributed by atoms with E-state index in [1.165, 1.54) is 0 Å². The van der Waals surface area contributed by atoms with Crippen LogP contribution in [0.2, 0.25) is 0 Å². The molecule has 6 heteroatoms. The monoisotopic (exact) mass is 353 g/mol. The lowest BCUT2D eigenvalue weighted by molar-refractivity contribution is -0.118. The fourth-order valence-electron chi connectivity index (χ4n) is 3.08. The minimum Gasteiger partial charge on any atom is -0.495 e. The fourth-order valence-corrected chi connectivity index (χ4v) is 3.08. The number of benzene rings is 2. The van der Waals surface area contributed by atoms with Gasteiger partial charge < -0.3 is 20.7 Å². The predicted molar refractivity (Wildman–Crippen MR) is 101 cm³/mol. The Kier molecular flexibility index (Phi) is 5.53. The van der Waals surface area contributed by atoms with Crippen LogP contribution in [0.3, 0.4) is 0 Å². The summed E-state index contributed by atoms with van der Waals surface area (Å²) < 4.78 is 5.36. The summed E-state index contributed by atoms with van der Waals surface area (Å²) >= 11 is 0. The number of amides is 2. The fraction of sp³-hybridized carbons (Fsp3) is 0.300. The second-order valence-corrected chi connectivity index (χ2v) is 6.32. The van der Waals surface area contributed by atoms with Gasteiger partial charge in [0.05, 0.1) is 18.8 Å². The molecule has 0 spiro atoms. The number of nitrogens with zero attached hydrogens (tertiary/aromatic N) is 1. The van der Waals surface area contributed by atoms with Crippen molar-refractivity contribution in [1.29, 1.82) is 0 Å². The Balaban J connectivity index is 1.73. The van der Waals surface area contributed by atoms with E-state index in [1.807, 2.05) is 30.3 Å². The van der Waals surface area contributed by atoms with Crippen LogP contribution in [0.5, 0.6) is 5.75 Å². The topological polar surface area (TPSA) is 84.7 Å². The average molecular weight is 353 g/mol. The van der Waals surface area contributed by atoms with E-state index in [0.717, 1.165) is 12.0 Å². The maximum atomic E-state index is 12.4. The van der Waals surface area contributed by atoms with Gasteiger partial charge in [-0.3, -0.25) is 9.59 Å². The van der Waals surface area contributed by atoms with Crippen molar-refractivity contribution in [1.82, 2.24) is 0 Å². The molecule has 136 valence electrons. The van der Waals surface area contributed by atoms with Gasteiger partial charge in [-0.25, -0.2) is 0 Å². The predicted octanol–water partition coefficient (Wildman–Crippen LogP) is 2.33. The van der Waals surface area contributed by atoms with Crippen LogP contribution in [0.25, 0.3) is 0 Å². The van der Waals surface area contributed by atoms with Gasteiger partial charge in [0.1, 0.15) is 5.75 Å². The lowest BCUT2D eigenvalue weighted by atomic mass is 10.1. The molecule has 1 fully saturated rings. The number of carbonyl (C=O) groups is 2. The molecule has 1 unspecified atom stereocenters. The summed E-state index contributed by atoms with van der Waals surface area (Å²) in [6.45, 7) is 0.653. The zero-order chi connectivity index (χ0) is 18.5. The van der Waals surface area contributed by atoms with E-state index in [9.17, 15) is 9.59 Å². The van der Waals surface area contributed by atoms with Crippen molar-refractivity contribution in [2.45, 2.75) is 25.3 Å². The Bertz CT molecular complexity index is 792. The third-order valence-electron chi connectivity index (χ3n) is 4.45. The van der Waals surface area contributed by atoms with Crippen molar-refractivity contribution < 1.29 is 14.3 Å². The van der Waals surface area contributed by atoms with Crippen LogP contribution < -0.4 is 20.7 Å². The molecule has 1 atom stereocenters. The second-order valence-electron chi connectivity index (χ2n) is 6.32. The molecular formula is C20H23N3O3. The molecule has 1 aliphatic heterocycles. The number of nitrogens with one attached hydrogen (secondary N) is 1. The number of ether oxygens (including phenoxy) is 1. The van der Waals surface area contributed by atoms with Gasteiger partial charge in [0.2, 0.25) is 11.8 Å². The summed E-state index contributed by atoms with van der Waals surface area (Å²) in [5.74, 6) is 0.400. The lowest BCUT2D eigenvalue weighted by Gasteiger charge is -2.20. The average Bonchev–Trinajstić information content (AvgIpc) is 3.08. The molecule has 2 amide bonds. The molecule has 2 aromatic carbocycles. The molecule has 1 heterocycles. The highest BCUT2D eigenvalue weighted by molar-refractivity contribution is 5.99. The first-order chi connectivity index (χ1) is 12.6. The highest BCUT2D eigenvalue weighted by Gasteiger charge is 2.25. The van der Waals surface area contributed by atoms with Crippen LogP contribution in [-0.2, 0) is 16.0 Å². The molecule has 2 aromatic rings. The summed E-state index contributed by atoms with van der Waals surface area (Å²) in [6, 6.07) is 14.2. The van der Waals surface area contributed by atoms with E-state index in [4.69, 9.17) is 10.5 Å². The Labute approximate surface area is 152 Å². The van der Waals surface area contributed by atoms with Gasteiger partial charge in [-0.1, -0.05) is 30.3 Å². The van der Waals surface area contributed by atoms with Gasteiger partial charge in [0, 0.05) is 18.7 Å². The summed E-state index contributed by atoms with van der Waals surface area (Å²) in [5.41, 5.74) is 8.30. The number of nitrogens with two attached hydrogens (primary N) is 1. The van der Waals surface area contributed by atoms with E-state index < -0.39 is 6.04 Å². The molecule has 0 bridgehead atoms. The first-order valence-corrected chi connectivity index (χ1v) is 8.67. The molecule has 0 aromatic heterocycles. The van der Waals surface area contributed by atoms with Crippen molar-refractivity contribution >= 4 is 23.2 Å². The van der Waals surface area contributed by atoms with Gasteiger partial charge in [-0.05, 0) is 36.6 Å². The second kappa shape index (κ2) is 8.01. The van der Waals surface area contributed by atoms with E-state index in [0.29, 0.717) is 36.5 Å². The lowest BCUT2D eigenvalue weighted by Crippen LogP contribution is -2.37. The summed E-state index contributed by atoms with van der Waals surface area (Å²) in [4.78, 5) is 26.2. The standard InChI is InChI=1S/C20H23N3O3/c1-26-18-10-9-15(13-17(18)23-11-5-8-19(23)24)22-20(25)16(21)12-14-6-3-2-4-7-14/h2-4,6-7,9-10,13,16H,5,8,11-12,21H2,1H3,(H,22,25). The molecule has 3 rings (SSSR count). The minimum atomic E-state index is -0.656. The number of anilines is 2. The quantitative estimate of drug-likeness (QED) is 0.835. The normalized spacial score (nSPS) is 15.0. The van der Waals surface area contributed by atoms with E-state index in [1.54, 1.807) is 30.2 Å². The molecular weight excluding hydrogens is 330 g/mol. The van der Waals surface area contributed by atoms with E-state index in [2.05, 4.69) is 5.32 Å². The number of hydrogen-bond acceptors (Lipinski definition) is 4. The van der Waals surface area contributed by atoms with Gasteiger partial charge in [-0.15, -0.1) is 0 Å². The van der Waals surface area contributed by atoms with Gasteiger partial charge in [0.25, 0.3) is 0 Å². The van der Waals surface area contributed by atoms with Gasteiger partial charge in [-0.2, -0.15) is 0 Å². The van der Waals surface area contributed by atoms with Gasteiger partial charge in [0.15, 0.2) is 0 Å². The summed E-state index contributed by atoms with van der Waals surface area (Å²) in [7, 11) is 1.56. The summed E-state index contributed by atoms with van der Waals surface area (Å²) in [6.07, 6.45) is 1.81. The highest BCUT2D eigenvalue weighted by atomic mass is 16.5. The number of carbonyl (C=O) groups excluding carboxylic acids is 2.